The summed E-state index contributed by atoms with van der Waals surface area (Å²) < 4.78 is 12.1. The molecular weight excluding hydrogens is 372 g/mol. The van der Waals surface area contributed by atoms with Gasteiger partial charge in [0.1, 0.15) is 5.82 Å². The molecule has 1 aromatic heterocycles. The lowest BCUT2D eigenvalue weighted by atomic mass is 10.1. The van der Waals surface area contributed by atoms with Crippen molar-refractivity contribution in [2.45, 2.75) is 32.2 Å². The summed E-state index contributed by atoms with van der Waals surface area (Å²) in [6.07, 6.45) is 4.02. The van der Waals surface area contributed by atoms with Crippen LogP contribution in [0.4, 0.5) is 5.82 Å². The number of ether oxygens (including phenoxy) is 2. The number of aryl methyl sites for hydroxylation is 1. The maximum Gasteiger partial charge on any atom is 0.274 e. The number of aromatic nitrogens is 2. The standard InChI is InChI=1S/C21H28N4O4/c1-24(13-14-9-10-17(28-3)18(11-14)29-4)21(27)16-12-19(25(2)23-16)22-20(26)15-7-5-6-8-15/h9-12,15H,5-8,13H2,1-4H3,(H,22,26). The summed E-state index contributed by atoms with van der Waals surface area (Å²) in [5, 5.41) is 7.18. The van der Waals surface area contributed by atoms with Crippen LogP contribution in [0, 0.1) is 5.92 Å². The van der Waals surface area contributed by atoms with Crippen LogP contribution in [0.5, 0.6) is 11.5 Å². The van der Waals surface area contributed by atoms with Crippen LogP contribution in [-0.2, 0) is 18.4 Å². The summed E-state index contributed by atoms with van der Waals surface area (Å²) in [7, 11) is 6.59. The summed E-state index contributed by atoms with van der Waals surface area (Å²) >= 11 is 0. The van der Waals surface area contributed by atoms with Crippen LogP contribution in [0.1, 0.15) is 41.7 Å². The van der Waals surface area contributed by atoms with Crippen molar-refractivity contribution in [3.63, 3.8) is 0 Å². The van der Waals surface area contributed by atoms with Gasteiger partial charge in [-0.25, -0.2) is 0 Å². The first-order chi connectivity index (χ1) is 13.9. The molecule has 1 aliphatic rings. The Bertz CT molecular complexity index is 887. The SMILES string of the molecule is COc1ccc(CN(C)C(=O)c2cc(NC(=O)C3CCCC3)n(C)n2)cc1OC. The highest BCUT2D eigenvalue weighted by Gasteiger charge is 2.24. The number of carbonyl (C=O) groups excluding carboxylic acids is 2. The molecule has 2 amide bonds. The van der Waals surface area contributed by atoms with Crippen LogP contribution in [0.15, 0.2) is 24.3 Å². The van der Waals surface area contributed by atoms with E-state index in [2.05, 4.69) is 10.4 Å². The molecule has 1 saturated carbocycles. The van der Waals surface area contributed by atoms with Crippen molar-refractivity contribution in [3.8, 4) is 11.5 Å². The van der Waals surface area contributed by atoms with Crippen molar-refractivity contribution in [2.24, 2.45) is 13.0 Å². The monoisotopic (exact) mass is 400 g/mol. The second-order valence-corrected chi connectivity index (χ2v) is 7.36. The highest BCUT2D eigenvalue weighted by atomic mass is 16.5. The largest absolute Gasteiger partial charge is 0.493 e. The summed E-state index contributed by atoms with van der Waals surface area (Å²) in [4.78, 5) is 26.8. The van der Waals surface area contributed by atoms with Gasteiger partial charge in [0.2, 0.25) is 5.91 Å². The molecule has 1 aliphatic carbocycles. The minimum atomic E-state index is -0.225. The Morgan fingerprint density at radius 1 is 1.17 bits per heavy atom. The molecule has 1 heterocycles. The molecule has 0 radical (unpaired) electrons. The van der Waals surface area contributed by atoms with Crippen LogP contribution < -0.4 is 14.8 Å². The van der Waals surface area contributed by atoms with Crippen LogP contribution in [0.3, 0.4) is 0 Å². The van der Waals surface area contributed by atoms with E-state index in [9.17, 15) is 9.59 Å². The van der Waals surface area contributed by atoms with Crippen molar-refractivity contribution in [1.82, 2.24) is 14.7 Å². The van der Waals surface area contributed by atoms with Gasteiger partial charge < -0.3 is 19.7 Å². The summed E-state index contributed by atoms with van der Waals surface area (Å²) in [6.45, 7) is 0.388. The maximum absolute atomic E-state index is 12.8. The highest BCUT2D eigenvalue weighted by molar-refractivity contribution is 5.96. The molecule has 156 valence electrons. The highest BCUT2D eigenvalue weighted by Crippen LogP contribution is 2.28. The zero-order valence-corrected chi connectivity index (χ0v) is 17.4. The Morgan fingerprint density at radius 3 is 2.52 bits per heavy atom. The van der Waals surface area contributed by atoms with Gasteiger partial charge >= 0.3 is 0 Å². The van der Waals surface area contributed by atoms with E-state index >= 15 is 0 Å². The second-order valence-electron chi connectivity index (χ2n) is 7.36. The molecule has 3 rings (SSSR count). The average Bonchev–Trinajstić information content (AvgIpc) is 3.37. The van der Waals surface area contributed by atoms with Gasteiger partial charge in [-0.2, -0.15) is 5.10 Å². The molecule has 0 unspecified atom stereocenters. The number of anilines is 1. The molecule has 0 saturated heterocycles. The predicted octanol–water partition coefficient (Wildman–Crippen LogP) is 2.84. The maximum atomic E-state index is 12.8. The second kappa shape index (κ2) is 8.98. The topological polar surface area (TPSA) is 85.7 Å². The Kier molecular flexibility index (Phi) is 6.41. The van der Waals surface area contributed by atoms with Crippen molar-refractivity contribution < 1.29 is 19.1 Å². The molecule has 1 aromatic carbocycles. The molecule has 0 bridgehead atoms. The third-order valence-electron chi connectivity index (χ3n) is 5.29. The third kappa shape index (κ3) is 4.70. The van der Waals surface area contributed by atoms with Crippen LogP contribution in [-0.4, -0.2) is 47.8 Å². The molecule has 8 heteroatoms. The van der Waals surface area contributed by atoms with Crippen LogP contribution in [0.25, 0.3) is 0 Å². The van der Waals surface area contributed by atoms with Crippen molar-refractivity contribution in [1.29, 1.82) is 0 Å². The first-order valence-electron chi connectivity index (χ1n) is 9.74. The van der Waals surface area contributed by atoms with Gasteiger partial charge in [0.25, 0.3) is 5.91 Å². The number of nitrogens with one attached hydrogen (secondary N) is 1. The zero-order chi connectivity index (χ0) is 21.0. The minimum absolute atomic E-state index is 0.00295. The normalized spacial score (nSPS) is 13.9. The Hall–Kier alpha value is -3.03. The number of hydrogen-bond acceptors (Lipinski definition) is 5. The number of hydrogen-bond donors (Lipinski definition) is 1. The van der Waals surface area contributed by atoms with E-state index in [0.29, 0.717) is 23.9 Å². The lowest BCUT2D eigenvalue weighted by Crippen LogP contribution is -2.26. The molecule has 0 atom stereocenters. The lowest BCUT2D eigenvalue weighted by Gasteiger charge is -2.17. The molecule has 1 fully saturated rings. The van der Waals surface area contributed by atoms with E-state index in [4.69, 9.17) is 9.47 Å². The van der Waals surface area contributed by atoms with Gasteiger partial charge in [0, 0.05) is 32.6 Å². The summed E-state index contributed by atoms with van der Waals surface area (Å²) in [6, 6.07) is 7.16. The number of nitrogens with zero attached hydrogens (tertiary/aromatic N) is 3. The first kappa shape index (κ1) is 20.7. The number of amides is 2. The fraction of sp³-hybridized carbons (Fsp3) is 0.476. The van der Waals surface area contributed by atoms with Crippen molar-refractivity contribution in [3.05, 3.63) is 35.5 Å². The predicted molar refractivity (Wildman–Crippen MR) is 109 cm³/mol. The van der Waals surface area contributed by atoms with Crippen LogP contribution >= 0.6 is 0 Å². The quantitative estimate of drug-likeness (QED) is 0.772. The van der Waals surface area contributed by atoms with E-state index in [-0.39, 0.29) is 23.4 Å². The molecule has 0 spiro atoms. The minimum Gasteiger partial charge on any atom is -0.493 e. The number of rotatable bonds is 7. The zero-order valence-electron chi connectivity index (χ0n) is 17.4. The van der Waals surface area contributed by atoms with E-state index in [1.54, 1.807) is 39.3 Å². The smallest absolute Gasteiger partial charge is 0.274 e. The summed E-state index contributed by atoms with van der Waals surface area (Å²) in [5.41, 5.74) is 1.20. The first-order valence-corrected chi connectivity index (χ1v) is 9.74. The number of benzene rings is 1. The average molecular weight is 400 g/mol. The van der Waals surface area contributed by atoms with E-state index < -0.39 is 0 Å². The van der Waals surface area contributed by atoms with Gasteiger partial charge in [-0.3, -0.25) is 14.3 Å². The Labute approximate surface area is 170 Å². The van der Waals surface area contributed by atoms with Crippen LogP contribution in [0.2, 0.25) is 0 Å². The molecule has 1 N–H and O–H groups in total. The number of methoxy groups -OCH3 is 2. The van der Waals surface area contributed by atoms with E-state index in [0.717, 1.165) is 31.2 Å². The number of carbonyl (C=O) groups is 2. The van der Waals surface area contributed by atoms with Gasteiger partial charge in [0.15, 0.2) is 17.2 Å². The fourth-order valence-corrected chi connectivity index (χ4v) is 3.63. The van der Waals surface area contributed by atoms with E-state index in [1.165, 1.54) is 4.68 Å². The Morgan fingerprint density at radius 2 is 1.86 bits per heavy atom. The molecule has 8 nitrogen and oxygen atoms in total. The lowest BCUT2D eigenvalue weighted by molar-refractivity contribution is -0.119. The van der Waals surface area contributed by atoms with Gasteiger partial charge in [-0.1, -0.05) is 18.9 Å². The van der Waals surface area contributed by atoms with Crippen molar-refractivity contribution >= 4 is 17.6 Å². The van der Waals surface area contributed by atoms with Gasteiger partial charge in [0.05, 0.1) is 14.2 Å². The molecule has 2 aromatic rings. The Balaban J connectivity index is 1.67. The fourth-order valence-electron chi connectivity index (χ4n) is 3.63. The van der Waals surface area contributed by atoms with E-state index in [1.807, 2.05) is 18.2 Å². The summed E-state index contributed by atoms with van der Waals surface area (Å²) in [5.74, 6) is 1.61. The van der Waals surface area contributed by atoms with Gasteiger partial charge in [-0.05, 0) is 30.5 Å². The molecule has 29 heavy (non-hydrogen) atoms. The molecule has 0 aliphatic heterocycles. The van der Waals surface area contributed by atoms with Crippen molar-refractivity contribution in [2.75, 3.05) is 26.6 Å². The third-order valence-corrected chi connectivity index (χ3v) is 5.29. The van der Waals surface area contributed by atoms with Gasteiger partial charge in [-0.15, -0.1) is 0 Å². The molecular formula is C21H28N4O4.